The van der Waals surface area contributed by atoms with Gasteiger partial charge in [0, 0.05) is 10.6 Å². The topological polar surface area (TPSA) is 44.1 Å². The number of rotatable bonds is 4. The van der Waals surface area contributed by atoms with E-state index in [0.717, 1.165) is 16.9 Å². The third kappa shape index (κ3) is 2.93. The van der Waals surface area contributed by atoms with Crippen LogP contribution in [0.25, 0.3) is 16.9 Å². The Hall–Kier alpha value is -2.59. The Morgan fingerprint density at radius 3 is 2.38 bits per heavy atom. The lowest BCUT2D eigenvalue weighted by atomic mass is 10.0. The summed E-state index contributed by atoms with van der Waals surface area (Å²) in [5.41, 5.74) is 3.63. The number of methoxy groups -OCH3 is 1. The zero-order chi connectivity index (χ0) is 17.1. The van der Waals surface area contributed by atoms with Crippen LogP contribution in [-0.2, 0) is 11.2 Å². The molecule has 0 spiro atoms. The van der Waals surface area contributed by atoms with Crippen LogP contribution in [0.15, 0.2) is 54.6 Å². The minimum atomic E-state index is -0.390. The molecule has 0 amide bonds. The van der Waals surface area contributed by atoms with Gasteiger partial charge >= 0.3 is 5.97 Å². The monoisotopic (exact) mass is 340 g/mol. The van der Waals surface area contributed by atoms with Crippen LogP contribution in [0.5, 0.6) is 0 Å². The molecule has 0 saturated heterocycles. The molecule has 5 heteroatoms. The molecule has 3 aromatic rings. The molecule has 1 aromatic heterocycles. The number of carbonyl (C=O) groups excluding carboxylic acids is 1. The molecule has 4 nitrogen and oxygen atoms in total. The molecule has 0 fully saturated rings. The molecule has 0 radical (unpaired) electrons. The summed E-state index contributed by atoms with van der Waals surface area (Å²) in [7, 11) is 1.38. The van der Waals surface area contributed by atoms with Crippen LogP contribution in [0.1, 0.15) is 23.0 Å². The van der Waals surface area contributed by atoms with Crippen LogP contribution in [0, 0.1) is 0 Å². The summed E-state index contributed by atoms with van der Waals surface area (Å²) in [5.74, 6) is -0.390. The Morgan fingerprint density at radius 1 is 1.12 bits per heavy atom. The van der Waals surface area contributed by atoms with E-state index in [1.807, 2.05) is 49.4 Å². The summed E-state index contributed by atoms with van der Waals surface area (Å²) in [4.78, 5) is 12.4. The van der Waals surface area contributed by atoms with Crippen molar-refractivity contribution in [2.45, 2.75) is 13.3 Å². The summed E-state index contributed by atoms with van der Waals surface area (Å²) >= 11 is 5.97. The van der Waals surface area contributed by atoms with E-state index < -0.39 is 0 Å². The molecular weight excluding hydrogens is 324 g/mol. The van der Waals surface area contributed by atoms with Gasteiger partial charge in [0.05, 0.1) is 18.5 Å². The standard InChI is InChI=1S/C19H17ClN2O2/c1-3-16-17(19(23)24-2)18(13-9-11-14(20)12-10-13)21-22(16)15-7-5-4-6-8-15/h4-12H,3H2,1-2H3. The lowest BCUT2D eigenvalue weighted by Gasteiger charge is -2.06. The molecule has 0 atom stereocenters. The summed E-state index contributed by atoms with van der Waals surface area (Å²) in [6, 6.07) is 17.0. The van der Waals surface area contributed by atoms with Crippen LogP contribution in [-0.4, -0.2) is 22.9 Å². The number of ether oxygens (including phenoxy) is 1. The van der Waals surface area contributed by atoms with Gasteiger partial charge in [-0.25, -0.2) is 9.48 Å². The van der Waals surface area contributed by atoms with Gasteiger partial charge in [-0.3, -0.25) is 0 Å². The number of halogens is 1. The number of para-hydroxylation sites is 1. The third-order valence-corrected chi connectivity index (χ3v) is 4.08. The second-order valence-electron chi connectivity index (χ2n) is 5.27. The van der Waals surface area contributed by atoms with E-state index in [1.165, 1.54) is 7.11 Å². The fourth-order valence-corrected chi connectivity index (χ4v) is 2.81. The Labute approximate surface area is 145 Å². The van der Waals surface area contributed by atoms with Gasteiger partial charge in [0.2, 0.25) is 0 Å². The van der Waals surface area contributed by atoms with Crippen LogP contribution in [0.3, 0.4) is 0 Å². The Kier molecular flexibility index (Phi) is 4.67. The van der Waals surface area contributed by atoms with Crippen molar-refractivity contribution < 1.29 is 9.53 Å². The van der Waals surface area contributed by atoms with E-state index in [-0.39, 0.29) is 5.97 Å². The molecule has 24 heavy (non-hydrogen) atoms. The van der Waals surface area contributed by atoms with E-state index in [4.69, 9.17) is 21.4 Å². The summed E-state index contributed by atoms with van der Waals surface area (Å²) in [6.07, 6.45) is 0.653. The molecule has 0 N–H and O–H groups in total. The maximum absolute atomic E-state index is 12.4. The lowest BCUT2D eigenvalue weighted by molar-refractivity contribution is 0.0600. The largest absolute Gasteiger partial charge is 0.465 e. The molecule has 0 aliphatic heterocycles. The average Bonchev–Trinajstić information content (AvgIpc) is 3.02. The molecule has 0 saturated carbocycles. The molecular formula is C19H17ClN2O2. The van der Waals surface area contributed by atoms with Crippen LogP contribution >= 0.6 is 11.6 Å². The minimum absolute atomic E-state index is 0.390. The third-order valence-electron chi connectivity index (χ3n) is 3.82. The van der Waals surface area contributed by atoms with Crippen LogP contribution in [0.2, 0.25) is 5.02 Å². The zero-order valence-corrected chi connectivity index (χ0v) is 14.2. The smallest absolute Gasteiger partial charge is 0.342 e. The van der Waals surface area contributed by atoms with Gasteiger partial charge in [-0.1, -0.05) is 48.9 Å². The van der Waals surface area contributed by atoms with E-state index in [0.29, 0.717) is 22.7 Å². The van der Waals surface area contributed by atoms with Crippen molar-refractivity contribution in [1.29, 1.82) is 0 Å². The molecule has 0 aliphatic rings. The van der Waals surface area contributed by atoms with Gasteiger partial charge in [-0.15, -0.1) is 0 Å². The predicted octanol–water partition coefficient (Wildman–Crippen LogP) is 4.54. The molecule has 0 bridgehead atoms. The first-order valence-electron chi connectivity index (χ1n) is 7.67. The lowest BCUT2D eigenvalue weighted by Crippen LogP contribution is -2.07. The summed E-state index contributed by atoms with van der Waals surface area (Å²) in [5, 5.41) is 5.33. The number of esters is 1. The van der Waals surface area contributed by atoms with Crippen molar-refractivity contribution in [3.8, 4) is 16.9 Å². The maximum Gasteiger partial charge on any atom is 0.342 e. The first-order chi connectivity index (χ1) is 11.7. The van der Waals surface area contributed by atoms with Crippen molar-refractivity contribution in [2.75, 3.05) is 7.11 Å². The van der Waals surface area contributed by atoms with E-state index >= 15 is 0 Å². The van der Waals surface area contributed by atoms with Gasteiger partial charge in [0.25, 0.3) is 0 Å². The quantitative estimate of drug-likeness (QED) is 0.655. The SMILES string of the molecule is CCc1c(C(=O)OC)c(-c2ccc(Cl)cc2)nn1-c1ccccc1. The van der Waals surface area contributed by atoms with E-state index in [9.17, 15) is 4.79 Å². The Bertz CT molecular complexity index is 855. The van der Waals surface area contributed by atoms with Crippen molar-refractivity contribution in [3.05, 3.63) is 70.9 Å². The Balaban J connectivity index is 2.26. The van der Waals surface area contributed by atoms with Gasteiger partial charge in [0.15, 0.2) is 0 Å². The maximum atomic E-state index is 12.4. The highest BCUT2D eigenvalue weighted by molar-refractivity contribution is 6.30. The normalized spacial score (nSPS) is 10.6. The van der Waals surface area contributed by atoms with Crippen molar-refractivity contribution >= 4 is 17.6 Å². The molecule has 3 rings (SSSR count). The van der Waals surface area contributed by atoms with E-state index in [1.54, 1.807) is 16.8 Å². The molecule has 1 heterocycles. The number of hydrogen-bond acceptors (Lipinski definition) is 3. The Morgan fingerprint density at radius 2 is 1.79 bits per heavy atom. The zero-order valence-electron chi connectivity index (χ0n) is 13.5. The molecule has 2 aromatic carbocycles. The van der Waals surface area contributed by atoms with Gasteiger partial charge < -0.3 is 4.74 Å². The minimum Gasteiger partial charge on any atom is -0.465 e. The first kappa shape index (κ1) is 16.3. The highest BCUT2D eigenvalue weighted by Crippen LogP contribution is 2.29. The van der Waals surface area contributed by atoms with Gasteiger partial charge in [0.1, 0.15) is 11.3 Å². The van der Waals surface area contributed by atoms with Gasteiger partial charge in [-0.2, -0.15) is 5.10 Å². The fraction of sp³-hybridized carbons (Fsp3) is 0.158. The predicted molar refractivity (Wildman–Crippen MR) is 94.7 cm³/mol. The second kappa shape index (κ2) is 6.89. The highest BCUT2D eigenvalue weighted by atomic mass is 35.5. The van der Waals surface area contributed by atoms with Crippen molar-refractivity contribution in [1.82, 2.24) is 9.78 Å². The molecule has 0 aliphatic carbocycles. The number of nitrogens with zero attached hydrogens (tertiary/aromatic N) is 2. The van der Waals surface area contributed by atoms with E-state index in [2.05, 4.69) is 0 Å². The molecule has 0 unspecified atom stereocenters. The summed E-state index contributed by atoms with van der Waals surface area (Å²) < 4.78 is 6.80. The number of benzene rings is 2. The van der Waals surface area contributed by atoms with Crippen molar-refractivity contribution in [3.63, 3.8) is 0 Å². The first-order valence-corrected chi connectivity index (χ1v) is 8.05. The number of hydrogen-bond donors (Lipinski definition) is 0. The average molecular weight is 341 g/mol. The number of aromatic nitrogens is 2. The summed E-state index contributed by atoms with van der Waals surface area (Å²) in [6.45, 7) is 1.99. The second-order valence-corrected chi connectivity index (χ2v) is 5.71. The van der Waals surface area contributed by atoms with Crippen LogP contribution < -0.4 is 0 Å². The fourth-order valence-electron chi connectivity index (χ4n) is 2.69. The van der Waals surface area contributed by atoms with Crippen molar-refractivity contribution in [2.24, 2.45) is 0 Å². The van der Waals surface area contributed by atoms with Crippen LogP contribution in [0.4, 0.5) is 0 Å². The highest BCUT2D eigenvalue weighted by Gasteiger charge is 2.25. The molecule has 122 valence electrons. The number of carbonyl (C=O) groups is 1. The van der Waals surface area contributed by atoms with Gasteiger partial charge in [-0.05, 0) is 30.7 Å².